The van der Waals surface area contributed by atoms with Gasteiger partial charge in [0.2, 0.25) is 0 Å². The van der Waals surface area contributed by atoms with Gasteiger partial charge in [-0.05, 0) is 6.42 Å². The minimum atomic E-state index is 0.0126. The maximum atomic E-state index is 11.4. The van der Waals surface area contributed by atoms with Crippen LogP contribution in [0.4, 0.5) is 0 Å². The summed E-state index contributed by atoms with van der Waals surface area (Å²) in [7, 11) is 0. The van der Waals surface area contributed by atoms with E-state index in [9.17, 15) is 4.79 Å². The summed E-state index contributed by atoms with van der Waals surface area (Å²) in [6.45, 7) is 10.4. The van der Waals surface area contributed by atoms with Gasteiger partial charge in [-0.25, -0.2) is 0 Å². The van der Waals surface area contributed by atoms with E-state index >= 15 is 0 Å². The predicted octanol–water partition coefficient (Wildman–Crippen LogP) is 3.43. The van der Waals surface area contributed by atoms with Gasteiger partial charge in [-0.1, -0.05) is 58.1 Å². The van der Waals surface area contributed by atoms with Gasteiger partial charge in [0.1, 0.15) is 12.3 Å². The maximum Gasteiger partial charge on any atom is 0.160 e. The first-order valence-electron chi connectivity index (χ1n) is 11.4. The largest absolute Gasteiger partial charge is 0.377 e. The summed E-state index contributed by atoms with van der Waals surface area (Å²) in [4.78, 5) is 11.4. The van der Waals surface area contributed by atoms with E-state index in [0.29, 0.717) is 46.2 Å². The van der Waals surface area contributed by atoms with E-state index in [1.54, 1.807) is 0 Å². The Kier molecular flexibility index (Phi) is 16.4. The van der Waals surface area contributed by atoms with E-state index in [0.717, 1.165) is 18.7 Å². The molecule has 0 aliphatic rings. The summed E-state index contributed by atoms with van der Waals surface area (Å²) >= 11 is 0. The molecule has 0 spiro atoms. The summed E-state index contributed by atoms with van der Waals surface area (Å²) in [6.07, 6.45) is 9.59. The third-order valence-corrected chi connectivity index (χ3v) is 4.58. The Morgan fingerprint density at radius 2 is 1.50 bits per heavy atom. The van der Waals surface area contributed by atoms with Crippen molar-refractivity contribution in [2.24, 2.45) is 5.92 Å². The first-order valence-corrected chi connectivity index (χ1v) is 11.4. The second kappa shape index (κ2) is 18.4. The number of hydrogen-bond acceptors (Lipinski definition) is 7. The number of unbranched alkanes of at least 4 members (excludes halogenated alkanes) is 5. The molecule has 0 unspecified atom stereocenters. The molecule has 0 amide bonds. The number of aromatic nitrogens is 3. The van der Waals surface area contributed by atoms with E-state index in [-0.39, 0.29) is 18.3 Å². The molecule has 0 fully saturated rings. The van der Waals surface area contributed by atoms with Gasteiger partial charge in [0, 0.05) is 12.5 Å². The Morgan fingerprint density at radius 3 is 2.17 bits per heavy atom. The normalized spacial score (nSPS) is 11.5. The zero-order valence-electron chi connectivity index (χ0n) is 19.1. The Bertz CT molecular complexity index is 537. The Labute approximate surface area is 181 Å². The average Bonchev–Trinajstić information content (AvgIpc) is 3.18. The molecule has 1 aromatic heterocycles. The molecule has 174 valence electrons. The standard InChI is InChI=1S/C22H41N3O5/c1-4-5-6-7-8-9-10-25-17-21(23-24-25)18-29-15-13-27-11-12-28-14-16-30-19-22(26)20(2)3/h17,20H,4-16,18-19H2,1-3H3. The Balaban J connectivity index is 1.87. The third-order valence-electron chi connectivity index (χ3n) is 4.58. The highest BCUT2D eigenvalue weighted by molar-refractivity contribution is 5.81. The summed E-state index contributed by atoms with van der Waals surface area (Å²) in [6, 6.07) is 0. The lowest BCUT2D eigenvalue weighted by molar-refractivity contribution is -0.127. The molecule has 0 saturated heterocycles. The van der Waals surface area contributed by atoms with Crippen LogP contribution in [0.15, 0.2) is 6.20 Å². The molecule has 1 aromatic rings. The number of Topliss-reactive ketones (excluding diaryl/α,β-unsaturated/α-hetero) is 1. The van der Waals surface area contributed by atoms with Crippen LogP contribution in [-0.2, 0) is 36.9 Å². The molecule has 8 heteroatoms. The molecule has 0 aliphatic carbocycles. The number of ether oxygens (including phenoxy) is 4. The van der Waals surface area contributed by atoms with Crippen molar-refractivity contribution >= 4 is 5.78 Å². The molecule has 0 radical (unpaired) electrons. The van der Waals surface area contributed by atoms with Crippen LogP contribution in [0, 0.1) is 5.92 Å². The number of carbonyl (C=O) groups excluding carboxylic acids is 1. The van der Waals surface area contributed by atoms with Crippen LogP contribution in [-0.4, -0.2) is 67.0 Å². The number of hydrogen-bond donors (Lipinski definition) is 0. The smallest absolute Gasteiger partial charge is 0.160 e. The van der Waals surface area contributed by atoms with Crippen molar-refractivity contribution in [1.29, 1.82) is 0 Å². The third kappa shape index (κ3) is 14.6. The van der Waals surface area contributed by atoms with Gasteiger partial charge < -0.3 is 18.9 Å². The maximum absolute atomic E-state index is 11.4. The van der Waals surface area contributed by atoms with Crippen LogP contribution >= 0.6 is 0 Å². The number of carbonyl (C=O) groups is 1. The van der Waals surface area contributed by atoms with E-state index in [1.807, 2.05) is 24.7 Å². The molecule has 0 atom stereocenters. The average molecular weight is 428 g/mol. The highest BCUT2D eigenvalue weighted by Crippen LogP contribution is 2.06. The summed E-state index contributed by atoms with van der Waals surface area (Å²) in [5, 5.41) is 8.29. The van der Waals surface area contributed by atoms with Gasteiger partial charge in [-0.2, -0.15) is 0 Å². The molecule has 8 nitrogen and oxygen atoms in total. The monoisotopic (exact) mass is 427 g/mol. The Hall–Kier alpha value is -1.35. The molecule has 0 aromatic carbocycles. The molecular weight excluding hydrogens is 386 g/mol. The minimum absolute atomic E-state index is 0.0126. The molecule has 0 N–H and O–H groups in total. The number of aryl methyl sites for hydroxylation is 1. The van der Waals surface area contributed by atoms with Gasteiger partial charge >= 0.3 is 0 Å². The van der Waals surface area contributed by atoms with Gasteiger partial charge in [-0.15, -0.1) is 5.10 Å². The minimum Gasteiger partial charge on any atom is -0.377 e. The first-order chi connectivity index (χ1) is 14.6. The van der Waals surface area contributed by atoms with Crippen LogP contribution in [0.25, 0.3) is 0 Å². The zero-order valence-corrected chi connectivity index (χ0v) is 19.1. The first kappa shape index (κ1) is 26.7. The fraction of sp³-hybridized carbons (Fsp3) is 0.864. The SMILES string of the molecule is CCCCCCCCn1cc(COCCOCCOCCOCC(=O)C(C)C)nn1. The molecule has 1 rings (SSSR count). The molecule has 0 saturated carbocycles. The van der Waals surface area contributed by atoms with Crippen LogP contribution in [0.2, 0.25) is 0 Å². The number of ketones is 1. The van der Waals surface area contributed by atoms with Gasteiger partial charge in [0.15, 0.2) is 5.78 Å². The topological polar surface area (TPSA) is 84.7 Å². The summed E-state index contributed by atoms with van der Waals surface area (Å²) < 4.78 is 23.6. The van der Waals surface area contributed by atoms with E-state index < -0.39 is 0 Å². The van der Waals surface area contributed by atoms with Crippen molar-refractivity contribution in [3.05, 3.63) is 11.9 Å². The van der Waals surface area contributed by atoms with Gasteiger partial charge in [-0.3, -0.25) is 9.48 Å². The lowest BCUT2D eigenvalue weighted by atomic mass is 10.1. The zero-order chi connectivity index (χ0) is 21.9. The van der Waals surface area contributed by atoms with E-state index in [1.165, 1.54) is 32.1 Å². The molecule has 30 heavy (non-hydrogen) atoms. The van der Waals surface area contributed by atoms with Crippen molar-refractivity contribution in [1.82, 2.24) is 15.0 Å². The fourth-order valence-electron chi connectivity index (χ4n) is 2.64. The quantitative estimate of drug-likeness (QED) is 0.278. The van der Waals surface area contributed by atoms with Crippen molar-refractivity contribution in [2.45, 2.75) is 72.4 Å². The van der Waals surface area contributed by atoms with E-state index in [4.69, 9.17) is 18.9 Å². The Morgan fingerprint density at radius 1 is 0.900 bits per heavy atom. The van der Waals surface area contributed by atoms with Crippen molar-refractivity contribution in [3.63, 3.8) is 0 Å². The van der Waals surface area contributed by atoms with Crippen molar-refractivity contribution in [2.75, 3.05) is 46.2 Å². The highest BCUT2D eigenvalue weighted by Gasteiger charge is 2.06. The molecule has 1 heterocycles. The lowest BCUT2D eigenvalue weighted by Crippen LogP contribution is -2.17. The van der Waals surface area contributed by atoms with Crippen molar-refractivity contribution < 1.29 is 23.7 Å². The van der Waals surface area contributed by atoms with Crippen LogP contribution in [0.5, 0.6) is 0 Å². The van der Waals surface area contributed by atoms with Gasteiger partial charge in [0.25, 0.3) is 0 Å². The number of nitrogens with zero attached hydrogens (tertiary/aromatic N) is 3. The van der Waals surface area contributed by atoms with Gasteiger partial charge in [0.05, 0.1) is 52.4 Å². The fourth-order valence-corrected chi connectivity index (χ4v) is 2.64. The summed E-state index contributed by atoms with van der Waals surface area (Å²) in [5.74, 6) is 0.122. The van der Waals surface area contributed by atoms with Crippen LogP contribution < -0.4 is 0 Å². The molecule has 0 aliphatic heterocycles. The van der Waals surface area contributed by atoms with E-state index in [2.05, 4.69) is 17.2 Å². The molecule has 0 bridgehead atoms. The van der Waals surface area contributed by atoms with Crippen molar-refractivity contribution in [3.8, 4) is 0 Å². The summed E-state index contributed by atoms with van der Waals surface area (Å²) in [5.41, 5.74) is 0.847. The van der Waals surface area contributed by atoms with Crippen LogP contribution in [0.3, 0.4) is 0 Å². The van der Waals surface area contributed by atoms with Crippen LogP contribution in [0.1, 0.15) is 65.0 Å². The highest BCUT2D eigenvalue weighted by atomic mass is 16.6. The second-order valence-electron chi connectivity index (χ2n) is 7.69. The lowest BCUT2D eigenvalue weighted by Gasteiger charge is -2.07. The number of rotatable bonds is 21. The predicted molar refractivity (Wildman–Crippen MR) is 115 cm³/mol. The molecular formula is C22H41N3O5. The second-order valence-corrected chi connectivity index (χ2v) is 7.69.